The Morgan fingerprint density at radius 3 is 1.76 bits per heavy atom. The Kier molecular flexibility index (Phi) is 14.2. The summed E-state index contributed by atoms with van der Waals surface area (Å²) in [5.74, 6) is -1.65. The Hall–Kier alpha value is -4.70. The van der Waals surface area contributed by atoms with E-state index in [-0.39, 0.29) is 42.5 Å². The zero-order valence-corrected chi connectivity index (χ0v) is 28.7. The number of methoxy groups -OCH3 is 1. The summed E-state index contributed by atoms with van der Waals surface area (Å²) in [7, 11) is 4.50. The molecule has 2 saturated heterocycles. The van der Waals surface area contributed by atoms with E-state index in [2.05, 4.69) is 17.2 Å². The zero-order valence-electron chi connectivity index (χ0n) is 28.7. The number of carbonyl (C=O) groups is 2. The average Bonchev–Trinajstić information content (AvgIpc) is 3.76. The number of hydrogen-bond donors (Lipinski definition) is 3. The number of benzene rings is 2. The largest absolute Gasteiger partial charge is 0.480 e. The second-order valence-electron chi connectivity index (χ2n) is 11.9. The quantitative estimate of drug-likeness (QED) is 0.0673. The minimum absolute atomic E-state index is 0.0403. The predicted octanol–water partition coefficient (Wildman–Crippen LogP) is 6.08. The molecule has 0 radical (unpaired) electrons. The van der Waals surface area contributed by atoms with Crippen molar-refractivity contribution < 1.29 is 55.9 Å². The van der Waals surface area contributed by atoms with Crippen molar-refractivity contribution in [2.24, 2.45) is 0 Å². The summed E-state index contributed by atoms with van der Waals surface area (Å²) in [6, 6.07) is 4.41. The summed E-state index contributed by atoms with van der Waals surface area (Å²) >= 11 is 0. The molecule has 3 atom stereocenters. The molecular weight excluding hydrogens is 680 g/mol. The van der Waals surface area contributed by atoms with Crippen LogP contribution in [0.15, 0.2) is 49.1 Å². The van der Waals surface area contributed by atoms with E-state index in [0.29, 0.717) is 54.9 Å². The second kappa shape index (κ2) is 18.5. The van der Waals surface area contributed by atoms with Crippen LogP contribution in [0.25, 0.3) is 0 Å². The van der Waals surface area contributed by atoms with Crippen LogP contribution in [0.4, 0.5) is 28.9 Å². The van der Waals surface area contributed by atoms with Crippen LogP contribution in [-0.2, 0) is 27.4 Å². The first kappa shape index (κ1) is 39.1. The summed E-state index contributed by atoms with van der Waals surface area (Å²) in [6.45, 7) is -1.50. The van der Waals surface area contributed by atoms with Gasteiger partial charge in [0.2, 0.25) is 6.29 Å². The lowest BCUT2D eigenvalue weighted by Gasteiger charge is -2.27. The average molecular weight is 725 g/mol. The first-order valence-electron chi connectivity index (χ1n) is 16.5. The van der Waals surface area contributed by atoms with Gasteiger partial charge >= 0.3 is 25.2 Å². The number of rotatable bonds is 19. The molecule has 2 aromatic rings. The van der Waals surface area contributed by atoms with Crippen molar-refractivity contribution in [3.63, 3.8) is 0 Å². The van der Waals surface area contributed by atoms with Gasteiger partial charge in [0.15, 0.2) is 11.5 Å². The topological polar surface area (TPSA) is 131 Å². The second-order valence-corrected chi connectivity index (χ2v) is 11.9. The summed E-state index contributed by atoms with van der Waals surface area (Å²) < 4.78 is 81.7. The van der Waals surface area contributed by atoms with Gasteiger partial charge in [-0.2, -0.15) is 17.6 Å². The van der Waals surface area contributed by atoms with Crippen LogP contribution in [-0.4, -0.2) is 92.7 Å². The van der Waals surface area contributed by atoms with Crippen molar-refractivity contribution in [2.45, 2.75) is 76.8 Å². The van der Waals surface area contributed by atoms with Gasteiger partial charge in [-0.15, -0.1) is 0 Å². The summed E-state index contributed by atoms with van der Waals surface area (Å²) in [4.78, 5) is 27.6. The number of allylic oxidation sites excluding steroid dienone is 2. The molecule has 2 aromatic carbocycles. The van der Waals surface area contributed by atoms with Crippen molar-refractivity contribution in [3.05, 3.63) is 60.2 Å². The van der Waals surface area contributed by atoms with Crippen LogP contribution in [0.1, 0.15) is 43.2 Å². The Morgan fingerprint density at radius 1 is 0.843 bits per heavy atom. The minimum Gasteiger partial charge on any atom is -0.480 e. The third-order valence-corrected chi connectivity index (χ3v) is 8.65. The standard InChI is InChI=1S/C35H44F4N4O8/c1-5-6-7-12-31(48-29-17-27(50-34(36)37)21(15-23(29)40-2)19-42-13-8-10-25(42)32(44)45)49-30-18-28(51-35(38)39)22(16-24(30)41-3)20-43-14-9-11-26(43)33(46)47-4/h5-7,15-18,25-26,31,34-35,40-41H,1,8-14,19-20H2,2-4H3,(H,44,45)/b7-6-/t25-,26-,31?/m0/s1. The van der Waals surface area contributed by atoms with Crippen LogP contribution in [0, 0.1) is 0 Å². The Bertz CT molecular complexity index is 1550. The van der Waals surface area contributed by atoms with Gasteiger partial charge in [0, 0.05) is 56.9 Å². The van der Waals surface area contributed by atoms with Gasteiger partial charge in [-0.05, 0) is 50.9 Å². The fraction of sp³-hybridized carbons (Fsp3) is 0.486. The molecule has 2 fully saturated rings. The third kappa shape index (κ3) is 10.4. The lowest BCUT2D eigenvalue weighted by molar-refractivity contribution is -0.146. The monoisotopic (exact) mass is 724 g/mol. The van der Waals surface area contributed by atoms with Crippen LogP contribution >= 0.6 is 0 Å². The molecule has 0 amide bonds. The van der Waals surface area contributed by atoms with Gasteiger partial charge in [-0.1, -0.05) is 24.8 Å². The molecule has 2 aliphatic rings. The number of nitrogens with one attached hydrogen (secondary N) is 2. The Morgan fingerprint density at radius 2 is 1.33 bits per heavy atom. The highest BCUT2D eigenvalue weighted by molar-refractivity contribution is 5.76. The number of carboxylic acids is 1. The number of likely N-dealkylation sites (tertiary alicyclic amines) is 2. The third-order valence-electron chi connectivity index (χ3n) is 8.65. The number of alkyl halides is 4. The van der Waals surface area contributed by atoms with E-state index in [0.717, 1.165) is 6.42 Å². The number of carbonyl (C=O) groups excluding carboxylic acids is 1. The highest BCUT2D eigenvalue weighted by Gasteiger charge is 2.34. The number of carboxylic acid groups (broad SMARTS) is 1. The van der Waals surface area contributed by atoms with E-state index < -0.39 is 43.5 Å². The number of nitrogens with zero attached hydrogens (tertiary/aromatic N) is 2. The minimum atomic E-state index is -3.18. The van der Waals surface area contributed by atoms with Crippen LogP contribution in [0.5, 0.6) is 23.0 Å². The van der Waals surface area contributed by atoms with E-state index in [4.69, 9.17) is 23.7 Å². The van der Waals surface area contributed by atoms with Crippen molar-refractivity contribution in [1.29, 1.82) is 0 Å². The molecule has 0 aliphatic carbocycles. The summed E-state index contributed by atoms with van der Waals surface area (Å²) in [6.07, 6.45) is 6.18. The lowest BCUT2D eigenvalue weighted by Crippen LogP contribution is -2.36. The Balaban J connectivity index is 1.68. The smallest absolute Gasteiger partial charge is 0.387 e. The van der Waals surface area contributed by atoms with Gasteiger partial charge in [-0.3, -0.25) is 19.4 Å². The first-order chi connectivity index (χ1) is 24.5. The van der Waals surface area contributed by atoms with Gasteiger partial charge in [-0.25, -0.2) is 0 Å². The maximum Gasteiger partial charge on any atom is 0.387 e. The van der Waals surface area contributed by atoms with E-state index >= 15 is 0 Å². The van der Waals surface area contributed by atoms with Crippen molar-refractivity contribution in [1.82, 2.24) is 9.80 Å². The van der Waals surface area contributed by atoms with Crippen LogP contribution < -0.4 is 29.6 Å². The fourth-order valence-electron chi connectivity index (χ4n) is 6.30. The zero-order chi connectivity index (χ0) is 37.1. The maximum absolute atomic E-state index is 13.7. The SMILES string of the molecule is C=C/C=C\CC(Oc1cc(OC(F)F)c(CN2CCC[C@H]2C(=O)O)cc1NC)Oc1cc(OC(F)F)c(CN2CCC[C@H]2C(=O)OC)cc1NC. The molecule has 0 bridgehead atoms. The molecule has 12 nitrogen and oxygen atoms in total. The summed E-state index contributed by atoms with van der Waals surface area (Å²) in [5.41, 5.74) is 1.46. The molecule has 2 aliphatic heterocycles. The molecule has 2 heterocycles. The highest BCUT2D eigenvalue weighted by atomic mass is 19.3. The van der Waals surface area contributed by atoms with Gasteiger partial charge in [0.1, 0.15) is 23.6 Å². The number of hydrogen-bond acceptors (Lipinski definition) is 11. The van der Waals surface area contributed by atoms with E-state index in [9.17, 15) is 32.3 Å². The van der Waals surface area contributed by atoms with E-state index in [1.807, 2.05) is 4.90 Å². The maximum atomic E-state index is 13.7. The van der Waals surface area contributed by atoms with E-state index in [1.165, 1.54) is 25.3 Å². The molecule has 51 heavy (non-hydrogen) atoms. The fourth-order valence-corrected chi connectivity index (χ4v) is 6.30. The van der Waals surface area contributed by atoms with Crippen molar-refractivity contribution in [2.75, 3.05) is 44.9 Å². The van der Waals surface area contributed by atoms with Gasteiger partial charge in [0.05, 0.1) is 18.5 Å². The van der Waals surface area contributed by atoms with Gasteiger partial charge in [0.25, 0.3) is 0 Å². The molecule has 3 N–H and O–H groups in total. The molecular formula is C35H44F4N4O8. The molecule has 0 aromatic heterocycles. The van der Waals surface area contributed by atoms with Gasteiger partial charge < -0.3 is 39.4 Å². The molecule has 0 spiro atoms. The highest BCUT2D eigenvalue weighted by Crippen LogP contribution is 2.39. The van der Waals surface area contributed by atoms with Crippen LogP contribution in [0.2, 0.25) is 0 Å². The predicted molar refractivity (Wildman–Crippen MR) is 181 cm³/mol. The molecule has 0 saturated carbocycles. The Labute approximate surface area is 293 Å². The van der Waals surface area contributed by atoms with E-state index in [1.54, 1.807) is 43.3 Å². The normalized spacial score (nSPS) is 18.6. The van der Waals surface area contributed by atoms with Crippen molar-refractivity contribution in [3.8, 4) is 23.0 Å². The summed E-state index contributed by atoms with van der Waals surface area (Å²) in [5, 5.41) is 15.6. The number of ether oxygens (including phenoxy) is 5. The molecule has 280 valence electrons. The van der Waals surface area contributed by atoms with Crippen molar-refractivity contribution >= 4 is 23.3 Å². The molecule has 1 unspecified atom stereocenters. The number of anilines is 2. The first-order valence-corrected chi connectivity index (χ1v) is 16.5. The molecule has 16 heteroatoms. The number of halogens is 4. The number of esters is 1. The molecule has 4 rings (SSSR count). The lowest BCUT2D eigenvalue weighted by atomic mass is 10.1. The number of aliphatic carboxylic acids is 1. The van der Waals surface area contributed by atoms with Crippen LogP contribution in [0.3, 0.4) is 0 Å².